The van der Waals surface area contributed by atoms with Gasteiger partial charge in [0.15, 0.2) is 5.78 Å². The van der Waals surface area contributed by atoms with Crippen LogP contribution in [0.1, 0.15) is 28.8 Å². The maximum Gasteiger partial charge on any atom is 0.253 e. The van der Waals surface area contributed by atoms with Gasteiger partial charge in [0.25, 0.3) is 10.0 Å². The second-order valence-corrected chi connectivity index (χ2v) is 10.6. The third-order valence-electron chi connectivity index (χ3n) is 5.08. The van der Waals surface area contributed by atoms with Crippen molar-refractivity contribution in [3.8, 4) is 0 Å². The van der Waals surface area contributed by atoms with Crippen LogP contribution in [0.25, 0.3) is 0 Å². The number of carbonyl (C=O) groups is 2. The van der Waals surface area contributed by atoms with E-state index in [1.165, 1.54) is 16.4 Å². The first-order valence-corrected chi connectivity index (χ1v) is 12.3. The Morgan fingerprint density at radius 1 is 1.06 bits per heavy atom. The van der Waals surface area contributed by atoms with E-state index >= 15 is 0 Å². The molecule has 2 heterocycles. The summed E-state index contributed by atoms with van der Waals surface area (Å²) in [5, 5.41) is 4.81. The van der Waals surface area contributed by atoms with Crippen molar-refractivity contribution in [3.05, 3.63) is 82.2 Å². The number of nitrogens with one attached hydrogen (secondary N) is 1. The van der Waals surface area contributed by atoms with Crippen LogP contribution in [0.5, 0.6) is 0 Å². The molecule has 0 aliphatic carbocycles. The zero-order valence-corrected chi connectivity index (χ0v) is 18.7. The summed E-state index contributed by atoms with van der Waals surface area (Å²) in [5.74, 6) is -0.755. The third-order valence-corrected chi connectivity index (χ3v) is 8.60. The Morgan fingerprint density at radius 3 is 2.55 bits per heavy atom. The standard InChI is InChI=1S/C22H19ClN2O4S2/c23-16-10-11-18(17(14-16)21(26)15-6-2-1-3-7-15)24-22(27)19-8-4-12-25(19)31(28,29)20-9-5-13-30-20/h1-3,5-7,9-11,13-14,19H,4,8,12H2,(H,24,27). The molecular weight excluding hydrogens is 456 g/mol. The summed E-state index contributed by atoms with van der Waals surface area (Å²) in [4.78, 5) is 26.1. The largest absolute Gasteiger partial charge is 0.324 e. The number of thiophene rings is 1. The maximum absolute atomic E-state index is 13.1. The molecule has 2 aromatic carbocycles. The highest BCUT2D eigenvalue weighted by atomic mass is 35.5. The molecule has 1 atom stereocenters. The van der Waals surface area contributed by atoms with Gasteiger partial charge in [0, 0.05) is 22.7 Å². The molecule has 1 aromatic heterocycles. The van der Waals surface area contributed by atoms with Gasteiger partial charge in [-0.1, -0.05) is 48.0 Å². The van der Waals surface area contributed by atoms with Gasteiger partial charge >= 0.3 is 0 Å². The van der Waals surface area contributed by atoms with Crippen molar-refractivity contribution in [1.82, 2.24) is 4.31 Å². The van der Waals surface area contributed by atoms with Gasteiger partial charge in [-0.3, -0.25) is 9.59 Å². The fourth-order valence-corrected chi connectivity index (χ4v) is 6.54. The van der Waals surface area contributed by atoms with E-state index in [2.05, 4.69) is 5.32 Å². The minimum Gasteiger partial charge on any atom is -0.324 e. The number of nitrogens with zero attached hydrogens (tertiary/aromatic N) is 1. The van der Waals surface area contributed by atoms with E-state index in [1.54, 1.807) is 53.9 Å². The molecule has 0 saturated carbocycles. The van der Waals surface area contributed by atoms with E-state index in [0.29, 0.717) is 29.1 Å². The predicted octanol–water partition coefficient (Wildman–Crippen LogP) is 4.42. The van der Waals surface area contributed by atoms with Gasteiger partial charge in [-0.05, 0) is 42.5 Å². The van der Waals surface area contributed by atoms with Gasteiger partial charge in [-0.2, -0.15) is 4.31 Å². The summed E-state index contributed by atoms with van der Waals surface area (Å²) in [6.45, 7) is 0.273. The van der Waals surface area contributed by atoms with Crippen molar-refractivity contribution in [3.63, 3.8) is 0 Å². The molecule has 31 heavy (non-hydrogen) atoms. The van der Waals surface area contributed by atoms with Crippen LogP contribution in [0, 0.1) is 0 Å². The molecule has 1 aliphatic heterocycles. The predicted molar refractivity (Wildman–Crippen MR) is 121 cm³/mol. The molecule has 0 spiro atoms. The Hall–Kier alpha value is -2.52. The summed E-state index contributed by atoms with van der Waals surface area (Å²) >= 11 is 7.22. The number of hydrogen-bond acceptors (Lipinski definition) is 5. The number of anilines is 1. The molecule has 1 amide bonds. The average Bonchev–Trinajstić information content (AvgIpc) is 3.48. The monoisotopic (exact) mass is 474 g/mol. The van der Waals surface area contributed by atoms with E-state index in [9.17, 15) is 18.0 Å². The molecule has 3 aromatic rings. The molecule has 1 fully saturated rings. The number of ketones is 1. The van der Waals surface area contributed by atoms with Crippen molar-refractivity contribution < 1.29 is 18.0 Å². The van der Waals surface area contributed by atoms with E-state index in [4.69, 9.17) is 11.6 Å². The molecule has 1 N–H and O–H groups in total. The quantitative estimate of drug-likeness (QED) is 0.536. The molecule has 6 nitrogen and oxygen atoms in total. The molecular formula is C22H19ClN2O4S2. The van der Waals surface area contributed by atoms with Crippen LogP contribution in [-0.2, 0) is 14.8 Å². The topological polar surface area (TPSA) is 83.6 Å². The van der Waals surface area contributed by atoms with Crippen LogP contribution >= 0.6 is 22.9 Å². The highest BCUT2D eigenvalue weighted by molar-refractivity contribution is 7.91. The molecule has 1 saturated heterocycles. The second-order valence-electron chi connectivity index (χ2n) is 7.08. The van der Waals surface area contributed by atoms with Crippen LogP contribution in [0.3, 0.4) is 0 Å². The molecule has 4 rings (SSSR count). The molecule has 0 bridgehead atoms. The molecule has 1 aliphatic rings. The highest BCUT2D eigenvalue weighted by Crippen LogP contribution is 2.30. The zero-order chi connectivity index (χ0) is 22.0. The smallest absolute Gasteiger partial charge is 0.253 e. The number of rotatable bonds is 6. The summed E-state index contributed by atoms with van der Waals surface area (Å²) in [7, 11) is -3.76. The van der Waals surface area contributed by atoms with Crippen molar-refractivity contribution in [2.24, 2.45) is 0 Å². The number of benzene rings is 2. The number of hydrogen-bond donors (Lipinski definition) is 1. The van der Waals surface area contributed by atoms with Gasteiger partial charge in [-0.25, -0.2) is 8.42 Å². The van der Waals surface area contributed by atoms with Crippen molar-refractivity contribution in [2.75, 3.05) is 11.9 Å². The van der Waals surface area contributed by atoms with Gasteiger partial charge in [0.2, 0.25) is 5.91 Å². The van der Waals surface area contributed by atoms with Crippen LogP contribution in [0.2, 0.25) is 5.02 Å². The number of halogens is 1. The lowest BCUT2D eigenvalue weighted by molar-refractivity contribution is -0.119. The SMILES string of the molecule is O=C(c1ccccc1)c1cc(Cl)ccc1NC(=O)C1CCCN1S(=O)(=O)c1cccs1. The lowest BCUT2D eigenvalue weighted by Crippen LogP contribution is -2.43. The van der Waals surface area contributed by atoms with E-state index in [-0.39, 0.29) is 22.1 Å². The van der Waals surface area contributed by atoms with Crippen LogP contribution in [0.4, 0.5) is 5.69 Å². The lowest BCUT2D eigenvalue weighted by Gasteiger charge is -2.23. The lowest BCUT2D eigenvalue weighted by atomic mass is 10.0. The summed E-state index contributed by atoms with van der Waals surface area (Å²) < 4.78 is 27.4. The molecule has 1 unspecified atom stereocenters. The first kappa shape index (κ1) is 21.7. The van der Waals surface area contributed by atoms with Crippen molar-refractivity contribution >= 4 is 50.3 Å². The zero-order valence-electron chi connectivity index (χ0n) is 16.3. The minimum atomic E-state index is -3.76. The normalized spacial score (nSPS) is 16.9. The number of sulfonamides is 1. The van der Waals surface area contributed by atoms with Crippen molar-refractivity contribution in [1.29, 1.82) is 0 Å². The molecule has 0 radical (unpaired) electrons. The molecule has 9 heteroatoms. The fourth-order valence-electron chi connectivity index (χ4n) is 3.59. The Kier molecular flexibility index (Phi) is 6.24. The summed E-state index contributed by atoms with van der Waals surface area (Å²) in [6, 6.07) is 15.7. The molecule has 160 valence electrons. The van der Waals surface area contributed by atoms with Crippen LogP contribution in [0.15, 0.2) is 70.3 Å². The number of amides is 1. The highest BCUT2D eigenvalue weighted by Gasteiger charge is 2.40. The Bertz CT molecular complexity index is 1210. The maximum atomic E-state index is 13.1. The van der Waals surface area contributed by atoms with E-state index in [1.807, 2.05) is 0 Å². The van der Waals surface area contributed by atoms with Gasteiger partial charge in [0.05, 0.1) is 5.69 Å². The van der Waals surface area contributed by atoms with Crippen LogP contribution in [-0.4, -0.2) is 37.0 Å². The fraction of sp³-hybridized carbons (Fsp3) is 0.182. The average molecular weight is 475 g/mol. The first-order valence-electron chi connectivity index (χ1n) is 9.63. The Labute approximate surface area is 189 Å². The Morgan fingerprint density at radius 2 is 1.84 bits per heavy atom. The van der Waals surface area contributed by atoms with Gasteiger partial charge < -0.3 is 5.32 Å². The van der Waals surface area contributed by atoms with Gasteiger partial charge in [0.1, 0.15) is 10.3 Å². The van der Waals surface area contributed by atoms with E-state index < -0.39 is 22.0 Å². The second kappa shape index (κ2) is 8.92. The third kappa shape index (κ3) is 4.43. The number of carbonyl (C=O) groups excluding carboxylic acids is 2. The van der Waals surface area contributed by atoms with E-state index in [0.717, 1.165) is 11.3 Å². The summed E-state index contributed by atoms with van der Waals surface area (Å²) in [5.41, 5.74) is 1.00. The van der Waals surface area contributed by atoms with Crippen molar-refractivity contribution in [2.45, 2.75) is 23.1 Å². The Balaban J connectivity index is 1.61. The first-order chi connectivity index (χ1) is 14.9. The van der Waals surface area contributed by atoms with Gasteiger partial charge in [-0.15, -0.1) is 11.3 Å². The minimum absolute atomic E-state index is 0.207. The van der Waals surface area contributed by atoms with Crippen LogP contribution < -0.4 is 5.32 Å². The summed E-state index contributed by atoms with van der Waals surface area (Å²) in [6.07, 6.45) is 0.991.